The Morgan fingerprint density at radius 2 is 1.83 bits per heavy atom. The van der Waals surface area contributed by atoms with Crippen LogP contribution >= 0.6 is 0 Å². The summed E-state index contributed by atoms with van der Waals surface area (Å²) in [6, 6.07) is 18.3. The van der Waals surface area contributed by atoms with E-state index in [0.29, 0.717) is 32.2 Å². The van der Waals surface area contributed by atoms with Crippen LogP contribution in [0, 0.1) is 12.8 Å². The third kappa shape index (κ3) is 7.42. The predicted molar refractivity (Wildman–Crippen MR) is 144 cm³/mol. The van der Waals surface area contributed by atoms with Crippen molar-refractivity contribution in [1.82, 2.24) is 14.7 Å². The molecule has 194 valence electrons. The van der Waals surface area contributed by atoms with Gasteiger partial charge in [-0.2, -0.15) is 5.10 Å². The molecule has 2 aromatic carbocycles. The molecule has 1 aromatic heterocycles. The van der Waals surface area contributed by atoms with Crippen molar-refractivity contribution in [3.63, 3.8) is 0 Å². The molecule has 1 aliphatic carbocycles. The third-order valence-corrected chi connectivity index (χ3v) is 6.61. The topological polar surface area (TPSA) is 59.8 Å². The van der Waals surface area contributed by atoms with Gasteiger partial charge in [-0.3, -0.25) is 4.90 Å². The molecule has 0 spiro atoms. The second-order valence-electron chi connectivity index (χ2n) is 9.97. The number of aliphatic hydroxyl groups is 1. The van der Waals surface area contributed by atoms with Crippen molar-refractivity contribution in [2.75, 3.05) is 26.3 Å². The molecule has 3 aromatic rings. The fourth-order valence-electron chi connectivity index (χ4n) is 4.40. The summed E-state index contributed by atoms with van der Waals surface area (Å²) < 4.78 is 14.2. The first-order chi connectivity index (χ1) is 17.6. The lowest BCUT2D eigenvalue weighted by molar-refractivity contribution is 0.0134. The van der Waals surface area contributed by atoms with Gasteiger partial charge in [-0.1, -0.05) is 56.2 Å². The highest BCUT2D eigenvalue weighted by Gasteiger charge is 2.28. The zero-order chi connectivity index (χ0) is 25.3. The standard InChI is InChI=1S/C30H41N3O3/c1-4-6-18-35-22-26(34)20-32(19-24-14-15-24)21-28-29(5-2)31-33(25-10-8-7-9-11-25)30(28)36-27-16-12-23(3)13-17-27/h7-13,16-17,24,26,34H,4-6,14-15,18-22H2,1-3H3/t26-/m1/s1. The fourth-order valence-corrected chi connectivity index (χ4v) is 4.40. The fraction of sp³-hybridized carbons (Fsp3) is 0.500. The minimum atomic E-state index is -0.517. The van der Waals surface area contributed by atoms with Gasteiger partial charge in [0, 0.05) is 26.2 Å². The van der Waals surface area contributed by atoms with Crippen LogP contribution in [0.1, 0.15) is 56.4 Å². The summed E-state index contributed by atoms with van der Waals surface area (Å²) >= 11 is 0. The van der Waals surface area contributed by atoms with E-state index in [1.165, 1.54) is 18.4 Å². The Kier molecular flexibility index (Phi) is 9.56. The first kappa shape index (κ1) is 26.4. The van der Waals surface area contributed by atoms with Gasteiger partial charge in [0.15, 0.2) is 0 Å². The molecular formula is C30H41N3O3. The smallest absolute Gasteiger partial charge is 0.227 e. The first-order valence-corrected chi connectivity index (χ1v) is 13.5. The number of aryl methyl sites for hydroxylation is 2. The third-order valence-electron chi connectivity index (χ3n) is 6.61. The number of aliphatic hydroxyl groups excluding tert-OH is 1. The molecule has 1 saturated carbocycles. The maximum absolute atomic E-state index is 10.8. The molecular weight excluding hydrogens is 450 g/mol. The van der Waals surface area contributed by atoms with Gasteiger partial charge in [0.05, 0.1) is 29.7 Å². The molecule has 0 unspecified atom stereocenters. The number of hydrogen-bond donors (Lipinski definition) is 1. The monoisotopic (exact) mass is 491 g/mol. The SMILES string of the molecule is CCCCOC[C@H](O)CN(Cc1c(CC)nn(-c2ccccc2)c1Oc1ccc(C)cc1)CC1CC1. The molecule has 0 bridgehead atoms. The summed E-state index contributed by atoms with van der Waals surface area (Å²) in [6.45, 7) is 9.66. The van der Waals surface area contributed by atoms with Gasteiger partial charge in [0.1, 0.15) is 5.75 Å². The Labute approximate surface area is 215 Å². The molecule has 36 heavy (non-hydrogen) atoms. The molecule has 0 radical (unpaired) electrons. The summed E-state index contributed by atoms with van der Waals surface area (Å²) in [5.74, 6) is 2.24. The largest absolute Gasteiger partial charge is 0.439 e. The van der Waals surface area contributed by atoms with Gasteiger partial charge >= 0.3 is 0 Å². The molecule has 1 aliphatic rings. The molecule has 1 heterocycles. The summed E-state index contributed by atoms with van der Waals surface area (Å²) in [4.78, 5) is 2.36. The van der Waals surface area contributed by atoms with Gasteiger partial charge in [-0.05, 0) is 62.8 Å². The molecule has 6 nitrogen and oxygen atoms in total. The van der Waals surface area contributed by atoms with Gasteiger partial charge in [0.2, 0.25) is 5.88 Å². The summed E-state index contributed by atoms with van der Waals surface area (Å²) in [5.41, 5.74) is 4.27. The molecule has 1 fully saturated rings. The predicted octanol–water partition coefficient (Wildman–Crippen LogP) is 5.93. The van der Waals surface area contributed by atoms with E-state index < -0.39 is 6.10 Å². The number of hydrogen-bond acceptors (Lipinski definition) is 5. The number of rotatable bonds is 15. The Morgan fingerprint density at radius 1 is 1.08 bits per heavy atom. The van der Waals surface area contributed by atoms with E-state index in [-0.39, 0.29) is 0 Å². The summed E-state index contributed by atoms with van der Waals surface area (Å²) in [5, 5.41) is 15.7. The van der Waals surface area contributed by atoms with E-state index in [1.54, 1.807) is 0 Å². The molecule has 0 aliphatic heterocycles. The van der Waals surface area contributed by atoms with Crippen molar-refractivity contribution in [1.29, 1.82) is 0 Å². The van der Waals surface area contributed by atoms with Crippen LogP contribution in [0.15, 0.2) is 54.6 Å². The summed E-state index contributed by atoms with van der Waals surface area (Å²) in [6.07, 6.45) is 4.93. The number of para-hydroxylation sites is 1. The molecule has 4 rings (SSSR count). The van der Waals surface area contributed by atoms with Crippen molar-refractivity contribution < 1.29 is 14.6 Å². The van der Waals surface area contributed by atoms with Gasteiger partial charge in [-0.25, -0.2) is 4.68 Å². The van der Waals surface area contributed by atoms with E-state index in [0.717, 1.165) is 54.4 Å². The number of unbranched alkanes of at least 4 members (excludes halogenated alkanes) is 1. The number of benzene rings is 2. The molecule has 1 atom stereocenters. The maximum atomic E-state index is 10.8. The minimum Gasteiger partial charge on any atom is -0.439 e. The van der Waals surface area contributed by atoms with Crippen LogP contribution in [0.2, 0.25) is 0 Å². The Morgan fingerprint density at radius 3 is 2.50 bits per heavy atom. The van der Waals surface area contributed by atoms with Crippen LogP contribution in [0.4, 0.5) is 0 Å². The normalized spacial score (nSPS) is 14.4. The molecule has 1 N–H and O–H groups in total. The Hall–Kier alpha value is -2.67. The van der Waals surface area contributed by atoms with Crippen LogP contribution in [0.25, 0.3) is 5.69 Å². The second-order valence-corrected chi connectivity index (χ2v) is 9.97. The van der Waals surface area contributed by atoms with E-state index in [4.69, 9.17) is 14.6 Å². The van der Waals surface area contributed by atoms with Crippen LogP contribution in [0.3, 0.4) is 0 Å². The number of ether oxygens (including phenoxy) is 2. The van der Waals surface area contributed by atoms with E-state index in [2.05, 4.69) is 49.9 Å². The maximum Gasteiger partial charge on any atom is 0.227 e. The van der Waals surface area contributed by atoms with E-state index in [1.807, 2.05) is 35.0 Å². The van der Waals surface area contributed by atoms with E-state index in [9.17, 15) is 5.11 Å². The van der Waals surface area contributed by atoms with Gasteiger partial charge < -0.3 is 14.6 Å². The van der Waals surface area contributed by atoms with Gasteiger partial charge in [-0.15, -0.1) is 0 Å². The van der Waals surface area contributed by atoms with Crippen LogP contribution in [-0.4, -0.2) is 52.2 Å². The zero-order valence-corrected chi connectivity index (χ0v) is 22.0. The number of nitrogens with zero attached hydrogens (tertiary/aromatic N) is 3. The number of aromatic nitrogens is 2. The molecule has 0 amide bonds. The zero-order valence-electron chi connectivity index (χ0n) is 22.0. The lowest BCUT2D eigenvalue weighted by atomic mass is 10.1. The first-order valence-electron chi connectivity index (χ1n) is 13.5. The summed E-state index contributed by atoms with van der Waals surface area (Å²) in [7, 11) is 0. The lowest BCUT2D eigenvalue weighted by Gasteiger charge is -2.25. The quantitative estimate of drug-likeness (QED) is 0.267. The lowest BCUT2D eigenvalue weighted by Crippen LogP contribution is -2.36. The van der Waals surface area contributed by atoms with Crippen LogP contribution in [-0.2, 0) is 17.7 Å². The highest BCUT2D eigenvalue weighted by Crippen LogP contribution is 2.34. The highest BCUT2D eigenvalue weighted by atomic mass is 16.5. The van der Waals surface area contributed by atoms with Crippen LogP contribution < -0.4 is 4.74 Å². The van der Waals surface area contributed by atoms with Crippen molar-refractivity contribution in [2.45, 2.75) is 65.5 Å². The van der Waals surface area contributed by atoms with Crippen molar-refractivity contribution in [3.05, 3.63) is 71.4 Å². The molecule has 0 saturated heterocycles. The Balaban J connectivity index is 1.61. The second kappa shape index (κ2) is 13.0. The minimum absolute atomic E-state index is 0.373. The highest BCUT2D eigenvalue weighted by molar-refractivity contribution is 5.44. The Bertz CT molecular complexity index is 1060. The van der Waals surface area contributed by atoms with Gasteiger partial charge in [0.25, 0.3) is 0 Å². The van der Waals surface area contributed by atoms with Crippen LogP contribution in [0.5, 0.6) is 11.6 Å². The van der Waals surface area contributed by atoms with Crippen molar-refractivity contribution in [2.24, 2.45) is 5.92 Å². The molecule has 6 heteroatoms. The van der Waals surface area contributed by atoms with E-state index >= 15 is 0 Å². The average molecular weight is 492 g/mol. The average Bonchev–Trinajstić information content (AvgIpc) is 3.64. The van der Waals surface area contributed by atoms with Crippen molar-refractivity contribution in [3.8, 4) is 17.3 Å². The van der Waals surface area contributed by atoms with Crippen molar-refractivity contribution >= 4 is 0 Å².